The van der Waals surface area contributed by atoms with Crippen LogP contribution in [0.2, 0.25) is 0 Å². The summed E-state index contributed by atoms with van der Waals surface area (Å²) in [5, 5.41) is 4.93. The molecule has 0 fully saturated rings. The van der Waals surface area contributed by atoms with Crippen LogP contribution < -0.4 is 11.1 Å². The summed E-state index contributed by atoms with van der Waals surface area (Å²) in [5.74, 6) is -0.399. The predicted molar refractivity (Wildman–Crippen MR) is 101 cm³/mol. The molecule has 4 rings (SSSR count). The van der Waals surface area contributed by atoms with Crippen LogP contribution >= 0.6 is 0 Å². The minimum atomic E-state index is -0.266. The molecule has 0 aliphatic rings. The molecule has 0 aliphatic carbocycles. The molecule has 4 N–H and O–H groups in total. The molecule has 3 aromatic carbocycles. The van der Waals surface area contributed by atoms with Crippen molar-refractivity contribution >= 4 is 27.7 Å². The summed E-state index contributed by atoms with van der Waals surface area (Å²) in [5.41, 5.74) is 9.81. The average molecular weight is 347 g/mol. The van der Waals surface area contributed by atoms with Crippen molar-refractivity contribution in [1.29, 1.82) is 0 Å². The van der Waals surface area contributed by atoms with E-state index in [1.807, 2.05) is 30.3 Å². The molecule has 1 aromatic heterocycles. The number of benzene rings is 3. The van der Waals surface area contributed by atoms with Gasteiger partial charge in [-0.3, -0.25) is 4.79 Å². The van der Waals surface area contributed by atoms with Gasteiger partial charge in [0, 0.05) is 40.5 Å². The summed E-state index contributed by atoms with van der Waals surface area (Å²) < 4.78 is 13.4. The molecule has 0 radical (unpaired) electrons. The van der Waals surface area contributed by atoms with E-state index in [1.54, 1.807) is 18.2 Å². The Kier molecular flexibility index (Phi) is 4.14. The Morgan fingerprint density at radius 1 is 0.923 bits per heavy atom. The van der Waals surface area contributed by atoms with Gasteiger partial charge in [-0.25, -0.2) is 4.39 Å². The first-order chi connectivity index (χ1) is 12.6. The number of H-pyrrole nitrogens is 1. The molecule has 4 nitrogen and oxygen atoms in total. The Hall–Kier alpha value is -3.18. The summed E-state index contributed by atoms with van der Waals surface area (Å²) in [6.45, 7) is 0.869. The molecule has 0 unspecified atom stereocenters. The summed E-state index contributed by atoms with van der Waals surface area (Å²) in [4.78, 5) is 15.5. The number of aromatic amines is 1. The van der Waals surface area contributed by atoms with Gasteiger partial charge in [-0.05, 0) is 47.5 Å². The van der Waals surface area contributed by atoms with Gasteiger partial charge in [0.05, 0.1) is 0 Å². The molecular weight excluding hydrogens is 329 g/mol. The fourth-order valence-corrected chi connectivity index (χ4v) is 3.12. The number of aromatic nitrogens is 1. The van der Waals surface area contributed by atoms with Gasteiger partial charge in [-0.15, -0.1) is 0 Å². The fraction of sp³-hybridized carbons (Fsp3) is 0.0952. The highest BCUT2D eigenvalue weighted by Gasteiger charge is 2.08. The number of hydrogen-bond donors (Lipinski definition) is 3. The first kappa shape index (κ1) is 16.3. The monoisotopic (exact) mass is 347 g/mol. The summed E-state index contributed by atoms with van der Waals surface area (Å²) in [6.07, 6.45) is 0. The highest BCUT2D eigenvalue weighted by Crippen LogP contribution is 2.26. The molecular formula is C21H18FN3O. The van der Waals surface area contributed by atoms with Crippen molar-refractivity contribution in [3.05, 3.63) is 83.2 Å². The number of nitrogens with two attached hydrogens (primary N) is 1. The van der Waals surface area contributed by atoms with Crippen molar-refractivity contribution < 1.29 is 9.18 Å². The lowest BCUT2D eigenvalue weighted by Gasteiger charge is -2.06. The highest BCUT2D eigenvalue weighted by atomic mass is 19.1. The standard InChI is InChI=1S/C21H18FN3O/c22-16-6-8-18-17-7-3-14(9-19(17)25-20(18)10-16)12-24-21(26)15-4-1-13(11-23)2-5-15/h1-10,25H,11-12,23H2,(H,24,26). The second-order valence-corrected chi connectivity index (χ2v) is 6.28. The second kappa shape index (κ2) is 6.61. The molecule has 0 saturated carbocycles. The van der Waals surface area contributed by atoms with Crippen LogP contribution in [0, 0.1) is 5.82 Å². The lowest BCUT2D eigenvalue weighted by molar-refractivity contribution is 0.0951. The van der Waals surface area contributed by atoms with Gasteiger partial charge >= 0.3 is 0 Å². The van der Waals surface area contributed by atoms with Crippen molar-refractivity contribution in [2.45, 2.75) is 13.1 Å². The maximum atomic E-state index is 13.4. The zero-order chi connectivity index (χ0) is 18.1. The van der Waals surface area contributed by atoms with Crippen LogP contribution in [0.1, 0.15) is 21.5 Å². The molecule has 0 atom stereocenters. The number of carbonyl (C=O) groups is 1. The second-order valence-electron chi connectivity index (χ2n) is 6.28. The number of nitrogens with one attached hydrogen (secondary N) is 2. The summed E-state index contributed by atoms with van der Waals surface area (Å²) in [7, 11) is 0. The molecule has 4 aromatic rings. The van der Waals surface area contributed by atoms with Gasteiger partial charge in [0.2, 0.25) is 0 Å². The maximum absolute atomic E-state index is 13.4. The van der Waals surface area contributed by atoms with Crippen LogP contribution in [0.25, 0.3) is 21.8 Å². The third-order valence-corrected chi connectivity index (χ3v) is 4.53. The normalized spacial score (nSPS) is 11.2. The van der Waals surface area contributed by atoms with Crippen LogP contribution in [-0.2, 0) is 13.1 Å². The van der Waals surface area contributed by atoms with Crippen molar-refractivity contribution in [1.82, 2.24) is 10.3 Å². The molecule has 0 aliphatic heterocycles. The van der Waals surface area contributed by atoms with E-state index in [2.05, 4.69) is 10.3 Å². The Balaban J connectivity index is 1.53. The van der Waals surface area contributed by atoms with Gasteiger partial charge in [-0.1, -0.05) is 24.3 Å². The van der Waals surface area contributed by atoms with E-state index < -0.39 is 0 Å². The molecule has 0 spiro atoms. The highest BCUT2D eigenvalue weighted by molar-refractivity contribution is 6.07. The Morgan fingerprint density at radius 3 is 2.31 bits per heavy atom. The quantitative estimate of drug-likeness (QED) is 0.525. The van der Waals surface area contributed by atoms with Crippen LogP contribution in [0.3, 0.4) is 0 Å². The third-order valence-electron chi connectivity index (χ3n) is 4.53. The molecule has 1 heterocycles. The number of carbonyl (C=O) groups excluding carboxylic acids is 1. The Bertz CT molecular complexity index is 1100. The van der Waals surface area contributed by atoms with Crippen molar-refractivity contribution in [2.75, 3.05) is 0 Å². The number of rotatable bonds is 4. The zero-order valence-corrected chi connectivity index (χ0v) is 14.1. The van der Waals surface area contributed by atoms with E-state index in [0.717, 1.165) is 32.9 Å². The molecule has 5 heteroatoms. The van der Waals surface area contributed by atoms with Crippen molar-refractivity contribution in [3.63, 3.8) is 0 Å². The number of halogens is 1. The van der Waals surface area contributed by atoms with Crippen LogP contribution in [0.4, 0.5) is 4.39 Å². The molecule has 130 valence electrons. The molecule has 0 saturated heterocycles. The average Bonchev–Trinajstić information content (AvgIpc) is 3.02. The van der Waals surface area contributed by atoms with Crippen LogP contribution in [-0.4, -0.2) is 10.9 Å². The van der Waals surface area contributed by atoms with Gasteiger partial charge in [0.15, 0.2) is 0 Å². The van der Waals surface area contributed by atoms with E-state index in [9.17, 15) is 9.18 Å². The maximum Gasteiger partial charge on any atom is 0.251 e. The van der Waals surface area contributed by atoms with E-state index >= 15 is 0 Å². The van der Waals surface area contributed by atoms with Crippen molar-refractivity contribution in [3.8, 4) is 0 Å². The first-order valence-electron chi connectivity index (χ1n) is 8.41. The van der Waals surface area contributed by atoms with E-state index in [-0.39, 0.29) is 11.7 Å². The Labute approximate surface area is 149 Å². The predicted octanol–water partition coefficient (Wildman–Crippen LogP) is 3.85. The summed E-state index contributed by atoms with van der Waals surface area (Å²) in [6, 6.07) is 17.9. The van der Waals surface area contributed by atoms with Crippen LogP contribution in [0.5, 0.6) is 0 Å². The lowest BCUT2D eigenvalue weighted by Crippen LogP contribution is -2.22. The first-order valence-corrected chi connectivity index (χ1v) is 8.41. The smallest absolute Gasteiger partial charge is 0.251 e. The van der Waals surface area contributed by atoms with Gasteiger partial charge in [0.1, 0.15) is 5.82 Å². The van der Waals surface area contributed by atoms with Crippen molar-refractivity contribution in [2.24, 2.45) is 5.73 Å². The number of fused-ring (bicyclic) bond motifs is 3. The minimum Gasteiger partial charge on any atom is -0.354 e. The van der Waals surface area contributed by atoms with Crippen LogP contribution in [0.15, 0.2) is 60.7 Å². The molecule has 0 bridgehead atoms. The van der Waals surface area contributed by atoms with Gasteiger partial charge in [0.25, 0.3) is 5.91 Å². The fourth-order valence-electron chi connectivity index (χ4n) is 3.12. The van der Waals surface area contributed by atoms with Gasteiger partial charge < -0.3 is 16.0 Å². The van der Waals surface area contributed by atoms with E-state index in [1.165, 1.54) is 12.1 Å². The Morgan fingerprint density at radius 2 is 1.58 bits per heavy atom. The third kappa shape index (κ3) is 3.05. The topological polar surface area (TPSA) is 70.9 Å². The molecule has 1 amide bonds. The SMILES string of the molecule is NCc1ccc(C(=O)NCc2ccc3c(c2)[nH]c2cc(F)ccc23)cc1. The zero-order valence-electron chi connectivity index (χ0n) is 14.1. The number of amides is 1. The van der Waals surface area contributed by atoms with Gasteiger partial charge in [-0.2, -0.15) is 0 Å². The number of hydrogen-bond acceptors (Lipinski definition) is 2. The minimum absolute atomic E-state index is 0.132. The van der Waals surface area contributed by atoms with E-state index in [0.29, 0.717) is 18.7 Å². The van der Waals surface area contributed by atoms with E-state index in [4.69, 9.17) is 5.73 Å². The lowest BCUT2D eigenvalue weighted by atomic mass is 10.1. The molecule has 26 heavy (non-hydrogen) atoms. The summed E-state index contributed by atoms with van der Waals surface area (Å²) >= 11 is 0. The largest absolute Gasteiger partial charge is 0.354 e.